The molecule has 0 aliphatic carbocycles. The molecule has 1 N–H and O–H groups in total. The van der Waals surface area contributed by atoms with Crippen molar-refractivity contribution in [3.8, 4) is 6.07 Å². The topological polar surface area (TPSA) is 65.8 Å². The summed E-state index contributed by atoms with van der Waals surface area (Å²) in [5.41, 5.74) is 2.85. The predicted octanol–water partition coefficient (Wildman–Crippen LogP) is 1.12. The van der Waals surface area contributed by atoms with Crippen LogP contribution in [0.4, 0.5) is 0 Å². The zero-order chi connectivity index (χ0) is 11.5. The van der Waals surface area contributed by atoms with Crippen LogP contribution in [0, 0.1) is 17.2 Å². The van der Waals surface area contributed by atoms with Crippen LogP contribution in [-0.4, -0.2) is 17.4 Å². The van der Waals surface area contributed by atoms with Crippen molar-refractivity contribution < 1.29 is 4.79 Å². The molecule has 1 aliphatic rings. The average Bonchev–Trinajstić information content (AvgIpc) is 2.31. The molecule has 0 fully saturated rings. The number of pyridine rings is 1. The van der Waals surface area contributed by atoms with Gasteiger partial charge in [0.05, 0.1) is 6.07 Å². The quantitative estimate of drug-likeness (QED) is 0.760. The lowest BCUT2D eigenvalue weighted by molar-refractivity contribution is -0.122. The number of hydrogen-bond donors (Lipinski definition) is 1. The van der Waals surface area contributed by atoms with Gasteiger partial charge < -0.3 is 5.32 Å². The van der Waals surface area contributed by atoms with Crippen molar-refractivity contribution in [2.75, 3.05) is 6.54 Å². The Labute approximate surface area is 93.6 Å². The molecule has 4 nitrogen and oxygen atoms in total. The summed E-state index contributed by atoms with van der Waals surface area (Å²) < 4.78 is 0. The second-order valence-electron chi connectivity index (χ2n) is 3.68. The third kappa shape index (κ3) is 1.68. The van der Waals surface area contributed by atoms with Crippen LogP contribution in [0.5, 0.6) is 0 Å². The molecule has 1 atom stereocenters. The Hall–Kier alpha value is -2.15. The molecule has 1 aliphatic heterocycles. The lowest BCUT2D eigenvalue weighted by Gasteiger charge is -2.22. The van der Waals surface area contributed by atoms with E-state index in [1.54, 1.807) is 12.4 Å². The maximum Gasteiger partial charge on any atom is 0.241 e. The van der Waals surface area contributed by atoms with Gasteiger partial charge in [0.1, 0.15) is 5.92 Å². The number of carbonyl (C=O) groups excluding carboxylic acids is 1. The van der Waals surface area contributed by atoms with Crippen molar-refractivity contribution >= 4 is 11.5 Å². The van der Waals surface area contributed by atoms with E-state index >= 15 is 0 Å². The highest BCUT2D eigenvalue weighted by molar-refractivity contribution is 5.91. The zero-order valence-corrected chi connectivity index (χ0v) is 8.90. The molecule has 0 radical (unpaired) electrons. The van der Waals surface area contributed by atoms with E-state index < -0.39 is 5.92 Å². The lowest BCUT2D eigenvalue weighted by atomic mass is 9.89. The molecule has 1 amide bonds. The molecule has 1 unspecified atom stereocenters. The SMILES string of the molecule is CC1=C(c2ccncc2)CNC(=O)C1C#N. The minimum absolute atomic E-state index is 0.210. The molecule has 0 spiro atoms. The van der Waals surface area contributed by atoms with E-state index in [1.807, 2.05) is 25.1 Å². The molecule has 0 aromatic carbocycles. The first kappa shape index (κ1) is 10.4. The predicted molar refractivity (Wildman–Crippen MR) is 58.9 cm³/mol. The molecule has 80 valence electrons. The van der Waals surface area contributed by atoms with E-state index in [-0.39, 0.29) is 5.91 Å². The number of nitriles is 1. The minimum Gasteiger partial charge on any atom is -0.351 e. The highest BCUT2D eigenvalue weighted by atomic mass is 16.1. The summed E-state index contributed by atoms with van der Waals surface area (Å²) in [7, 11) is 0. The minimum atomic E-state index is -0.670. The summed E-state index contributed by atoms with van der Waals surface area (Å²) in [4.78, 5) is 15.4. The van der Waals surface area contributed by atoms with Crippen molar-refractivity contribution in [3.63, 3.8) is 0 Å². The van der Waals surface area contributed by atoms with Crippen LogP contribution in [0.2, 0.25) is 0 Å². The van der Waals surface area contributed by atoms with Gasteiger partial charge in [0, 0.05) is 18.9 Å². The molecule has 0 saturated heterocycles. The van der Waals surface area contributed by atoms with Gasteiger partial charge in [0.15, 0.2) is 0 Å². The molecule has 2 heterocycles. The van der Waals surface area contributed by atoms with Crippen LogP contribution >= 0.6 is 0 Å². The molecule has 2 rings (SSSR count). The Morgan fingerprint density at radius 1 is 1.50 bits per heavy atom. The molecule has 0 bridgehead atoms. The van der Waals surface area contributed by atoms with Gasteiger partial charge in [-0.3, -0.25) is 9.78 Å². The second kappa shape index (κ2) is 4.15. The van der Waals surface area contributed by atoms with Crippen LogP contribution in [0.25, 0.3) is 5.57 Å². The maximum absolute atomic E-state index is 11.4. The first-order chi connectivity index (χ1) is 7.74. The summed E-state index contributed by atoms with van der Waals surface area (Å²) in [5, 5.41) is 11.7. The summed E-state index contributed by atoms with van der Waals surface area (Å²) in [5.74, 6) is -0.880. The van der Waals surface area contributed by atoms with Gasteiger partial charge in [-0.2, -0.15) is 5.26 Å². The van der Waals surface area contributed by atoms with Gasteiger partial charge in [0.25, 0.3) is 0 Å². The molecule has 16 heavy (non-hydrogen) atoms. The van der Waals surface area contributed by atoms with Crippen molar-refractivity contribution in [2.24, 2.45) is 5.92 Å². The summed E-state index contributed by atoms with van der Waals surface area (Å²) in [6.45, 7) is 2.31. The Balaban J connectivity index is 2.46. The number of hydrogen-bond acceptors (Lipinski definition) is 3. The van der Waals surface area contributed by atoms with E-state index in [1.165, 1.54) is 0 Å². The summed E-state index contributed by atoms with van der Waals surface area (Å²) in [6.07, 6.45) is 3.40. The van der Waals surface area contributed by atoms with E-state index in [0.717, 1.165) is 16.7 Å². The molecule has 1 aromatic heterocycles. The van der Waals surface area contributed by atoms with Gasteiger partial charge in [-0.1, -0.05) is 0 Å². The third-order valence-corrected chi connectivity index (χ3v) is 2.77. The van der Waals surface area contributed by atoms with E-state index in [2.05, 4.69) is 10.3 Å². The molecular formula is C12H11N3O. The zero-order valence-electron chi connectivity index (χ0n) is 8.90. The van der Waals surface area contributed by atoms with Crippen molar-refractivity contribution in [1.29, 1.82) is 5.26 Å². The normalized spacial score (nSPS) is 20.2. The van der Waals surface area contributed by atoms with Gasteiger partial charge in [-0.05, 0) is 35.8 Å². The standard InChI is InChI=1S/C12H11N3O/c1-8-10(6-13)12(16)15-7-11(8)9-2-4-14-5-3-9/h2-5,10H,7H2,1H3,(H,15,16). The van der Waals surface area contributed by atoms with Crippen LogP contribution in [0.3, 0.4) is 0 Å². The van der Waals surface area contributed by atoms with Crippen LogP contribution < -0.4 is 5.32 Å². The first-order valence-electron chi connectivity index (χ1n) is 5.01. The van der Waals surface area contributed by atoms with Crippen LogP contribution in [-0.2, 0) is 4.79 Å². The molecule has 4 heteroatoms. The fraction of sp³-hybridized carbons (Fsp3) is 0.250. The Morgan fingerprint density at radius 3 is 2.81 bits per heavy atom. The summed E-state index contributed by atoms with van der Waals surface area (Å²) >= 11 is 0. The van der Waals surface area contributed by atoms with Gasteiger partial charge in [0.2, 0.25) is 5.91 Å². The number of amides is 1. The molecular weight excluding hydrogens is 202 g/mol. The van der Waals surface area contributed by atoms with E-state index in [4.69, 9.17) is 5.26 Å². The van der Waals surface area contributed by atoms with E-state index in [0.29, 0.717) is 6.54 Å². The van der Waals surface area contributed by atoms with Crippen LogP contribution in [0.15, 0.2) is 30.1 Å². The smallest absolute Gasteiger partial charge is 0.241 e. The number of rotatable bonds is 1. The second-order valence-corrected chi connectivity index (χ2v) is 3.68. The largest absolute Gasteiger partial charge is 0.351 e. The molecule has 0 saturated carbocycles. The third-order valence-electron chi connectivity index (χ3n) is 2.77. The van der Waals surface area contributed by atoms with Crippen molar-refractivity contribution in [3.05, 3.63) is 35.7 Å². The number of carbonyl (C=O) groups is 1. The van der Waals surface area contributed by atoms with Gasteiger partial charge >= 0.3 is 0 Å². The average molecular weight is 213 g/mol. The number of nitrogens with zero attached hydrogens (tertiary/aromatic N) is 2. The lowest BCUT2D eigenvalue weighted by Crippen LogP contribution is -2.36. The Morgan fingerprint density at radius 2 is 2.19 bits per heavy atom. The van der Waals surface area contributed by atoms with Crippen molar-refractivity contribution in [2.45, 2.75) is 6.92 Å². The fourth-order valence-corrected chi connectivity index (χ4v) is 1.83. The molecule has 1 aromatic rings. The maximum atomic E-state index is 11.4. The summed E-state index contributed by atoms with van der Waals surface area (Å²) in [6, 6.07) is 5.78. The Bertz CT molecular complexity index is 485. The highest BCUT2D eigenvalue weighted by Crippen LogP contribution is 2.26. The van der Waals surface area contributed by atoms with E-state index in [9.17, 15) is 4.79 Å². The van der Waals surface area contributed by atoms with Crippen LogP contribution in [0.1, 0.15) is 12.5 Å². The fourth-order valence-electron chi connectivity index (χ4n) is 1.83. The Kier molecular flexibility index (Phi) is 2.69. The van der Waals surface area contributed by atoms with Gasteiger partial charge in [-0.15, -0.1) is 0 Å². The highest BCUT2D eigenvalue weighted by Gasteiger charge is 2.27. The van der Waals surface area contributed by atoms with Gasteiger partial charge in [-0.25, -0.2) is 0 Å². The number of aromatic nitrogens is 1. The first-order valence-corrected chi connectivity index (χ1v) is 5.01. The monoisotopic (exact) mass is 213 g/mol. The number of nitrogens with one attached hydrogen (secondary N) is 1. The van der Waals surface area contributed by atoms with Crippen molar-refractivity contribution in [1.82, 2.24) is 10.3 Å².